The highest BCUT2D eigenvalue weighted by atomic mass is 16.3. The van der Waals surface area contributed by atoms with Gasteiger partial charge in [0.25, 0.3) is 0 Å². The van der Waals surface area contributed by atoms with Crippen molar-refractivity contribution in [3.05, 3.63) is 89.4 Å². The van der Waals surface area contributed by atoms with E-state index in [1.165, 1.54) is 5.56 Å². The van der Waals surface area contributed by atoms with Crippen molar-refractivity contribution < 1.29 is 9.21 Å². The number of aliphatic imine (C=N–C) groups is 1. The quantitative estimate of drug-likeness (QED) is 0.421. The molecule has 0 aliphatic heterocycles. The molecular weight excluding hydrogens is 310 g/mol. The smallest absolute Gasteiger partial charge is 0.165 e. The number of nitrogens with zero attached hydrogens (tertiary/aromatic N) is 1. The molecule has 3 nitrogen and oxygen atoms in total. The van der Waals surface area contributed by atoms with Crippen LogP contribution in [0.5, 0.6) is 0 Å². The Kier molecular flexibility index (Phi) is 5.57. The van der Waals surface area contributed by atoms with Crippen LogP contribution in [-0.2, 0) is 6.42 Å². The topological polar surface area (TPSA) is 42.6 Å². The molecular formula is C22H21NO2. The molecule has 0 aliphatic rings. The van der Waals surface area contributed by atoms with E-state index in [-0.39, 0.29) is 5.78 Å². The minimum absolute atomic E-state index is 0.124. The van der Waals surface area contributed by atoms with Gasteiger partial charge in [0.05, 0.1) is 11.9 Å². The molecule has 0 radical (unpaired) electrons. The zero-order valence-electron chi connectivity index (χ0n) is 14.3. The fraction of sp³-hybridized carbons (Fsp3) is 0.182. The number of aryl methyl sites for hydroxylation is 2. The zero-order valence-corrected chi connectivity index (χ0v) is 14.3. The molecule has 126 valence electrons. The Labute approximate surface area is 148 Å². The van der Waals surface area contributed by atoms with Gasteiger partial charge < -0.3 is 4.42 Å². The predicted molar refractivity (Wildman–Crippen MR) is 101 cm³/mol. The van der Waals surface area contributed by atoms with Crippen LogP contribution in [0.4, 0.5) is 5.69 Å². The largest absolute Gasteiger partial charge is 0.460 e. The van der Waals surface area contributed by atoms with E-state index in [1.807, 2.05) is 61.5 Å². The van der Waals surface area contributed by atoms with Gasteiger partial charge in [-0.1, -0.05) is 42.5 Å². The molecule has 0 bridgehead atoms. The van der Waals surface area contributed by atoms with Crippen molar-refractivity contribution in [3.63, 3.8) is 0 Å². The van der Waals surface area contributed by atoms with Crippen LogP contribution in [0.25, 0.3) is 0 Å². The summed E-state index contributed by atoms with van der Waals surface area (Å²) in [6, 6.07) is 21.5. The lowest BCUT2D eigenvalue weighted by molar-refractivity contribution is 0.0981. The molecule has 0 spiro atoms. The molecule has 1 heterocycles. The first-order valence-corrected chi connectivity index (χ1v) is 8.49. The third kappa shape index (κ3) is 4.77. The van der Waals surface area contributed by atoms with Gasteiger partial charge >= 0.3 is 0 Å². The highest BCUT2D eigenvalue weighted by Crippen LogP contribution is 2.21. The molecule has 25 heavy (non-hydrogen) atoms. The van der Waals surface area contributed by atoms with Crippen molar-refractivity contribution >= 4 is 17.7 Å². The number of furan rings is 1. The minimum Gasteiger partial charge on any atom is -0.460 e. The monoisotopic (exact) mass is 331 g/mol. The van der Waals surface area contributed by atoms with E-state index in [2.05, 4.69) is 17.1 Å². The summed E-state index contributed by atoms with van der Waals surface area (Å²) in [5.74, 6) is 1.65. The highest BCUT2D eigenvalue weighted by molar-refractivity contribution is 6.01. The van der Waals surface area contributed by atoms with E-state index in [4.69, 9.17) is 4.42 Å². The normalized spacial score (nSPS) is 11.1. The molecule has 0 unspecified atom stereocenters. The van der Waals surface area contributed by atoms with E-state index in [9.17, 15) is 4.79 Å². The molecule has 0 fully saturated rings. The Morgan fingerprint density at radius 3 is 2.52 bits per heavy atom. The first kappa shape index (κ1) is 16.9. The maximum atomic E-state index is 12.6. The van der Waals surface area contributed by atoms with Crippen molar-refractivity contribution in [1.29, 1.82) is 0 Å². The molecule has 0 N–H and O–H groups in total. The average molecular weight is 331 g/mol. The molecule has 0 saturated heterocycles. The van der Waals surface area contributed by atoms with Crippen LogP contribution < -0.4 is 0 Å². The number of ketones is 1. The Hall–Kier alpha value is -2.94. The number of para-hydroxylation sites is 1. The van der Waals surface area contributed by atoms with Crippen molar-refractivity contribution in [2.24, 2.45) is 4.99 Å². The standard InChI is InChI=1S/C22H21NO2/c1-17-14-15-19(25-17)16-23-21-12-6-5-11-20(21)22(24)13-7-10-18-8-3-2-4-9-18/h2-6,8-9,11-12,14-16H,7,10,13H2,1H3/b23-16+. The number of carbonyl (C=O) groups excluding carboxylic acids is 1. The summed E-state index contributed by atoms with van der Waals surface area (Å²) < 4.78 is 5.49. The second kappa shape index (κ2) is 8.25. The second-order valence-electron chi connectivity index (χ2n) is 5.99. The van der Waals surface area contributed by atoms with Crippen LogP contribution in [0.15, 0.2) is 76.1 Å². The van der Waals surface area contributed by atoms with E-state index >= 15 is 0 Å². The fourth-order valence-electron chi connectivity index (χ4n) is 2.71. The fourth-order valence-corrected chi connectivity index (χ4v) is 2.71. The number of hydrogen-bond donors (Lipinski definition) is 0. The number of carbonyl (C=O) groups is 1. The van der Waals surface area contributed by atoms with Crippen molar-refractivity contribution in [2.75, 3.05) is 0 Å². The van der Waals surface area contributed by atoms with E-state index in [1.54, 1.807) is 6.21 Å². The van der Waals surface area contributed by atoms with Gasteiger partial charge in [-0.15, -0.1) is 0 Å². The third-order valence-corrected chi connectivity index (χ3v) is 4.01. The summed E-state index contributed by atoms with van der Waals surface area (Å²) in [6.45, 7) is 1.89. The summed E-state index contributed by atoms with van der Waals surface area (Å²) in [4.78, 5) is 17.0. The molecule has 2 aromatic carbocycles. The number of benzene rings is 2. The van der Waals surface area contributed by atoms with Crippen LogP contribution in [-0.4, -0.2) is 12.0 Å². The summed E-state index contributed by atoms with van der Waals surface area (Å²) in [5, 5.41) is 0. The third-order valence-electron chi connectivity index (χ3n) is 4.01. The Morgan fingerprint density at radius 1 is 1.00 bits per heavy atom. The maximum absolute atomic E-state index is 12.6. The molecule has 3 heteroatoms. The van der Waals surface area contributed by atoms with Crippen LogP contribution in [0.2, 0.25) is 0 Å². The van der Waals surface area contributed by atoms with Crippen molar-refractivity contribution in [2.45, 2.75) is 26.2 Å². The lowest BCUT2D eigenvalue weighted by Crippen LogP contribution is -2.00. The van der Waals surface area contributed by atoms with Gasteiger partial charge in [0.1, 0.15) is 11.5 Å². The minimum atomic E-state index is 0.124. The van der Waals surface area contributed by atoms with Gasteiger partial charge in [-0.3, -0.25) is 9.79 Å². The summed E-state index contributed by atoms with van der Waals surface area (Å²) in [7, 11) is 0. The van der Waals surface area contributed by atoms with Gasteiger partial charge in [0, 0.05) is 12.0 Å². The lowest BCUT2D eigenvalue weighted by atomic mass is 10.0. The van der Waals surface area contributed by atoms with Crippen LogP contribution >= 0.6 is 0 Å². The summed E-state index contributed by atoms with van der Waals surface area (Å²) in [5.41, 5.74) is 2.60. The maximum Gasteiger partial charge on any atom is 0.165 e. The SMILES string of the molecule is Cc1ccc(/C=N/c2ccccc2C(=O)CCCc2ccccc2)o1. The number of rotatable bonds is 7. The number of Topliss-reactive ketones (excluding diaryl/α,β-unsaturated/α-hetero) is 1. The first-order valence-electron chi connectivity index (χ1n) is 8.49. The molecule has 1 aromatic heterocycles. The average Bonchev–Trinajstić information content (AvgIpc) is 3.06. The van der Waals surface area contributed by atoms with Gasteiger partial charge in [0.2, 0.25) is 0 Å². The molecule has 0 saturated carbocycles. The molecule has 0 amide bonds. The second-order valence-corrected chi connectivity index (χ2v) is 5.99. The van der Waals surface area contributed by atoms with Crippen molar-refractivity contribution in [1.82, 2.24) is 0 Å². The molecule has 3 aromatic rings. The zero-order chi connectivity index (χ0) is 17.5. The Morgan fingerprint density at radius 2 is 1.76 bits per heavy atom. The van der Waals surface area contributed by atoms with Crippen molar-refractivity contribution in [3.8, 4) is 0 Å². The van der Waals surface area contributed by atoms with Gasteiger partial charge in [-0.05, 0) is 49.6 Å². The van der Waals surface area contributed by atoms with Crippen LogP contribution in [0.1, 0.15) is 40.3 Å². The van der Waals surface area contributed by atoms with E-state index in [0.717, 1.165) is 18.6 Å². The van der Waals surface area contributed by atoms with Gasteiger partial charge in [-0.2, -0.15) is 0 Å². The Balaban J connectivity index is 1.65. The Bertz CT molecular complexity index is 862. The van der Waals surface area contributed by atoms with Crippen LogP contribution in [0, 0.1) is 6.92 Å². The molecule has 0 aliphatic carbocycles. The van der Waals surface area contributed by atoms with Gasteiger partial charge in [0.15, 0.2) is 5.78 Å². The molecule has 0 atom stereocenters. The number of hydrogen-bond acceptors (Lipinski definition) is 3. The van der Waals surface area contributed by atoms with E-state index in [0.29, 0.717) is 23.4 Å². The molecule has 3 rings (SSSR count). The lowest BCUT2D eigenvalue weighted by Gasteiger charge is -2.05. The first-order chi connectivity index (χ1) is 12.2. The summed E-state index contributed by atoms with van der Waals surface area (Å²) >= 11 is 0. The highest BCUT2D eigenvalue weighted by Gasteiger charge is 2.10. The predicted octanol–water partition coefficient (Wildman–Crippen LogP) is 5.54. The van der Waals surface area contributed by atoms with Crippen LogP contribution in [0.3, 0.4) is 0 Å². The van der Waals surface area contributed by atoms with E-state index < -0.39 is 0 Å². The van der Waals surface area contributed by atoms with Gasteiger partial charge in [-0.25, -0.2) is 0 Å². The summed E-state index contributed by atoms with van der Waals surface area (Å²) in [6.07, 6.45) is 3.91.